The SMILES string of the molecule is COCCCOc1cc(C[C@H](NC(C)(C)C)C(C)C)c(C=O)nc1OC. The molecule has 0 radical (unpaired) electrons. The fourth-order valence-corrected chi connectivity index (χ4v) is 2.68. The maximum absolute atomic E-state index is 11.5. The minimum Gasteiger partial charge on any atom is -0.488 e. The predicted octanol–water partition coefficient (Wildman–Crippen LogP) is 3.27. The lowest BCUT2D eigenvalue weighted by Gasteiger charge is -2.31. The topological polar surface area (TPSA) is 69.7 Å². The smallest absolute Gasteiger partial charge is 0.257 e. The highest BCUT2D eigenvalue weighted by Crippen LogP contribution is 2.28. The molecule has 148 valence electrons. The lowest BCUT2D eigenvalue weighted by atomic mass is 9.93. The van der Waals surface area contributed by atoms with Gasteiger partial charge in [-0.05, 0) is 44.7 Å². The van der Waals surface area contributed by atoms with Gasteiger partial charge in [-0.15, -0.1) is 0 Å². The van der Waals surface area contributed by atoms with Crippen LogP contribution in [0.15, 0.2) is 6.07 Å². The highest BCUT2D eigenvalue weighted by molar-refractivity contribution is 5.75. The standard InChI is InChI=1S/C20H34N2O4/c1-14(2)16(22-20(3,4)5)11-15-12-18(26-10-8-9-24-6)19(25-7)21-17(15)13-23/h12-14,16,22H,8-11H2,1-7H3/t16-/m0/s1. The highest BCUT2D eigenvalue weighted by atomic mass is 16.5. The van der Waals surface area contributed by atoms with E-state index in [1.807, 2.05) is 6.07 Å². The maximum Gasteiger partial charge on any atom is 0.257 e. The molecular weight excluding hydrogens is 332 g/mol. The zero-order valence-electron chi connectivity index (χ0n) is 17.2. The molecular formula is C20H34N2O4. The number of methoxy groups -OCH3 is 2. The van der Waals surface area contributed by atoms with Gasteiger partial charge in [-0.2, -0.15) is 0 Å². The molecule has 1 heterocycles. The summed E-state index contributed by atoms with van der Waals surface area (Å²) in [5.41, 5.74) is 1.24. The van der Waals surface area contributed by atoms with Crippen molar-refractivity contribution in [3.63, 3.8) is 0 Å². The summed E-state index contributed by atoms with van der Waals surface area (Å²) in [6, 6.07) is 2.09. The number of carbonyl (C=O) groups excluding carboxylic acids is 1. The van der Waals surface area contributed by atoms with Crippen LogP contribution in [0, 0.1) is 5.92 Å². The number of hydrogen-bond acceptors (Lipinski definition) is 6. The molecule has 0 saturated heterocycles. The zero-order valence-corrected chi connectivity index (χ0v) is 17.2. The first-order valence-corrected chi connectivity index (χ1v) is 9.14. The van der Waals surface area contributed by atoms with Crippen molar-refractivity contribution >= 4 is 6.29 Å². The van der Waals surface area contributed by atoms with Gasteiger partial charge in [-0.25, -0.2) is 4.98 Å². The second-order valence-corrected chi connectivity index (χ2v) is 7.80. The molecule has 1 atom stereocenters. The van der Waals surface area contributed by atoms with Crippen LogP contribution in [-0.2, 0) is 11.2 Å². The van der Waals surface area contributed by atoms with Crippen LogP contribution in [0.4, 0.5) is 0 Å². The van der Waals surface area contributed by atoms with Crippen molar-refractivity contribution in [3.05, 3.63) is 17.3 Å². The predicted molar refractivity (Wildman–Crippen MR) is 103 cm³/mol. The zero-order chi connectivity index (χ0) is 19.7. The summed E-state index contributed by atoms with van der Waals surface area (Å²) < 4.78 is 16.1. The molecule has 0 fully saturated rings. The summed E-state index contributed by atoms with van der Waals surface area (Å²) in [5, 5.41) is 3.63. The van der Waals surface area contributed by atoms with Crippen LogP contribution in [0.25, 0.3) is 0 Å². The molecule has 1 aromatic rings. The third kappa shape index (κ3) is 7.30. The minimum absolute atomic E-state index is 0.0182. The van der Waals surface area contributed by atoms with Crippen molar-refractivity contribution in [1.29, 1.82) is 0 Å². The largest absolute Gasteiger partial charge is 0.488 e. The van der Waals surface area contributed by atoms with Gasteiger partial charge in [0.2, 0.25) is 0 Å². The molecule has 0 aliphatic carbocycles. The number of carbonyl (C=O) groups is 1. The molecule has 6 heteroatoms. The normalized spacial score (nSPS) is 12.9. The van der Waals surface area contributed by atoms with Crippen molar-refractivity contribution in [1.82, 2.24) is 10.3 Å². The number of hydrogen-bond donors (Lipinski definition) is 1. The Bertz CT molecular complexity index is 568. The number of nitrogens with one attached hydrogen (secondary N) is 1. The van der Waals surface area contributed by atoms with Crippen LogP contribution in [-0.4, -0.2) is 50.3 Å². The fraction of sp³-hybridized carbons (Fsp3) is 0.700. The summed E-state index contributed by atoms with van der Waals surface area (Å²) in [6.07, 6.45) is 2.24. The van der Waals surface area contributed by atoms with Crippen molar-refractivity contribution in [2.24, 2.45) is 5.92 Å². The van der Waals surface area contributed by atoms with Gasteiger partial charge in [0.05, 0.1) is 13.7 Å². The molecule has 1 aromatic heterocycles. The molecule has 0 saturated carbocycles. The van der Waals surface area contributed by atoms with Crippen LogP contribution in [0.3, 0.4) is 0 Å². The highest BCUT2D eigenvalue weighted by Gasteiger charge is 2.23. The van der Waals surface area contributed by atoms with E-state index < -0.39 is 0 Å². The van der Waals surface area contributed by atoms with Crippen LogP contribution in [0.2, 0.25) is 0 Å². The average molecular weight is 367 g/mol. The summed E-state index contributed by atoms with van der Waals surface area (Å²) in [5.74, 6) is 1.29. The van der Waals surface area contributed by atoms with Gasteiger partial charge >= 0.3 is 0 Å². The Hall–Kier alpha value is -1.66. The van der Waals surface area contributed by atoms with E-state index in [9.17, 15) is 4.79 Å². The monoisotopic (exact) mass is 366 g/mol. The van der Waals surface area contributed by atoms with E-state index in [1.54, 1.807) is 7.11 Å². The first kappa shape index (κ1) is 22.4. The maximum atomic E-state index is 11.5. The van der Waals surface area contributed by atoms with Crippen LogP contribution in [0.5, 0.6) is 11.6 Å². The lowest BCUT2D eigenvalue weighted by Crippen LogP contribution is -2.47. The lowest BCUT2D eigenvalue weighted by molar-refractivity contribution is 0.111. The molecule has 0 unspecified atom stereocenters. The average Bonchev–Trinajstić information content (AvgIpc) is 2.57. The molecule has 6 nitrogen and oxygen atoms in total. The van der Waals surface area contributed by atoms with Gasteiger partial charge in [0.1, 0.15) is 5.69 Å². The summed E-state index contributed by atoms with van der Waals surface area (Å²) in [4.78, 5) is 15.9. The van der Waals surface area contributed by atoms with Gasteiger partial charge < -0.3 is 19.5 Å². The number of aromatic nitrogens is 1. The summed E-state index contributed by atoms with van der Waals surface area (Å²) >= 11 is 0. The molecule has 0 amide bonds. The van der Waals surface area contributed by atoms with Crippen LogP contribution < -0.4 is 14.8 Å². The van der Waals surface area contributed by atoms with Gasteiger partial charge in [-0.3, -0.25) is 4.79 Å². The molecule has 1 rings (SSSR count). The quantitative estimate of drug-likeness (QED) is 0.479. The number of rotatable bonds is 11. The molecule has 26 heavy (non-hydrogen) atoms. The number of ether oxygens (including phenoxy) is 3. The van der Waals surface area contributed by atoms with Gasteiger partial charge in [0, 0.05) is 31.7 Å². The molecule has 0 spiro atoms. The van der Waals surface area contributed by atoms with Crippen molar-refractivity contribution in [2.75, 3.05) is 27.4 Å². The second-order valence-electron chi connectivity index (χ2n) is 7.80. The number of pyridine rings is 1. The van der Waals surface area contributed by atoms with E-state index in [-0.39, 0.29) is 11.6 Å². The first-order valence-electron chi connectivity index (χ1n) is 9.14. The van der Waals surface area contributed by atoms with E-state index in [4.69, 9.17) is 14.2 Å². The third-order valence-electron chi connectivity index (χ3n) is 3.99. The van der Waals surface area contributed by atoms with E-state index in [0.717, 1.165) is 18.3 Å². The molecule has 0 aliphatic heterocycles. The van der Waals surface area contributed by atoms with Gasteiger partial charge in [0.25, 0.3) is 5.88 Å². The fourth-order valence-electron chi connectivity index (χ4n) is 2.68. The Balaban J connectivity index is 3.08. The Morgan fingerprint density at radius 1 is 1.23 bits per heavy atom. The first-order chi connectivity index (χ1) is 12.2. The number of aldehydes is 1. The van der Waals surface area contributed by atoms with Crippen molar-refractivity contribution in [2.45, 2.75) is 59.0 Å². The van der Waals surface area contributed by atoms with Crippen LogP contribution in [0.1, 0.15) is 57.1 Å². The van der Waals surface area contributed by atoms with Crippen LogP contribution >= 0.6 is 0 Å². The Morgan fingerprint density at radius 2 is 1.92 bits per heavy atom. The number of nitrogens with zero attached hydrogens (tertiary/aromatic N) is 1. The van der Waals surface area contributed by atoms with Crippen molar-refractivity contribution < 1.29 is 19.0 Å². The molecule has 0 aromatic carbocycles. The molecule has 0 aliphatic rings. The van der Waals surface area contributed by atoms with E-state index in [0.29, 0.717) is 42.9 Å². The van der Waals surface area contributed by atoms with Gasteiger partial charge in [-0.1, -0.05) is 13.8 Å². The molecule has 1 N–H and O–H groups in total. The summed E-state index contributed by atoms with van der Waals surface area (Å²) in [6.45, 7) is 11.9. The summed E-state index contributed by atoms with van der Waals surface area (Å²) in [7, 11) is 3.18. The van der Waals surface area contributed by atoms with E-state index in [1.165, 1.54) is 7.11 Å². The Kier molecular flexibility index (Phi) is 9.02. The Labute approximate surface area is 157 Å². The van der Waals surface area contributed by atoms with E-state index >= 15 is 0 Å². The minimum atomic E-state index is -0.0182. The van der Waals surface area contributed by atoms with Gasteiger partial charge in [0.15, 0.2) is 12.0 Å². The van der Waals surface area contributed by atoms with E-state index in [2.05, 4.69) is 44.9 Å². The van der Waals surface area contributed by atoms with Crippen molar-refractivity contribution in [3.8, 4) is 11.6 Å². The molecule has 0 bridgehead atoms. The second kappa shape index (κ2) is 10.5. The Morgan fingerprint density at radius 3 is 2.42 bits per heavy atom. The third-order valence-corrected chi connectivity index (χ3v) is 3.99.